The molecule has 3 fully saturated rings. The number of benzene rings is 1. The van der Waals surface area contributed by atoms with Crippen molar-refractivity contribution in [1.82, 2.24) is 0 Å². The molecule has 0 aromatic heterocycles. The third kappa shape index (κ3) is 2.71. The number of anilines is 1. The van der Waals surface area contributed by atoms with Gasteiger partial charge in [0.1, 0.15) is 4.75 Å². The van der Waals surface area contributed by atoms with Gasteiger partial charge in [0.05, 0.1) is 29.0 Å². The van der Waals surface area contributed by atoms with Crippen molar-refractivity contribution in [2.45, 2.75) is 36.3 Å². The number of hydrogen-bond donors (Lipinski definition) is 1. The van der Waals surface area contributed by atoms with Crippen LogP contribution in [0.15, 0.2) is 18.2 Å². The van der Waals surface area contributed by atoms with E-state index >= 15 is 0 Å². The number of aliphatic hydroxyl groups is 1. The molecule has 0 unspecified atom stereocenters. The zero-order chi connectivity index (χ0) is 21.2. The summed E-state index contributed by atoms with van der Waals surface area (Å²) in [5.41, 5.74) is -1.81. The molecule has 1 heterocycles. The largest absolute Gasteiger partial charge is 0.417 e. The number of fused-ring (bicyclic) bond motifs is 5. The minimum absolute atomic E-state index is 0.0213. The van der Waals surface area contributed by atoms with Gasteiger partial charge in [-0.15, -0.1) is 0 Å². The number of nitrogens with zero attached hydrogens (tertiary/aromatic N) is 2. The fourth-order valence-electron chi connectivity index (χ4n) is 5.76. The number of sulfonamides is 1. The third-order valence-corrected chi connectivity index (χ3v) is 9.70. The molecule has 2 aliphatic carbocycles. The van der Waals surface area contributed by atoms with E-state index in [1.807, 2.05) is 0 Å². The number of hydrogen-bond acceptors (Lipinski definition) is 5. The molecule has 5 atom stereocenters. The lowest BCUT2D eigenvalue weighted by Crippen LogP contribution is -2.50. The lowest BCUT2D eigenvalue weighted by molar-refractivity contribution is -0.137. The summed E-state index contributed by atoms with van der Waals surface area (Å²) >= 11 is 0. The van der Waals surface area contributed by atoms with Gasteiger partial charge in [0.25, 0.3) is 0 Å². The maximum Gasteiger partial charge on any atom is 0.417 e. The van der Waals surface area contributed by atoms with Crippen LogP contribution in [0.5, 0.6) is 0 Å². The molecule has 1 aliphatic heterocycles. The summed E-state index contributed by atoms with van der Waals surface area (Å²) in [6, 6.07) is 4.50. The molecule has 1 saturated heterocycles. The number of methoxy groups -OCH3 is 1. The Morgan fingerprint density at radius 1 is 1.38 bits per heavy atom. The van der Waals surface area contributed by atoms with Crippen molar-refractivity contribution in [1.29, 1.82) is 5.26 Å². The first-order chi connectivity index (χ1) is 13.6. The highest BCUT2D eigenvalue weighted by molar-refractivity contribution is 7.94. The number of rotatable bonds is 4. The summed E-state index contributed by atoms with van der Waals surface area (Å²) in [5, 5.41) is 19.3. The standard InChI is InChI=1S/C19H21F3N2O4S/c1-28-5-4-18-12-6-14(17(25)7-12)16(18)10-24(29(18,26)27)13-3-2-11(9-23)15(8-13)19(20,21)22/h2-3,8,12,14,16-17,25H,4-7,10H2,1H3/t12-,14-,16-,17+,18+/m0/s1. The molecular weight excluding hydrogens is 409 g/mol. The van der Waals surface area contributed by atoms with Crippen LogP contribution in [-0.4, -0.2) is 44.6 Å². The van der Waals surface area contributed by atoms with Crippen molar-refractivity contribution in [3.63, 3.8) is 0 Å². The zero-order valence-electron chi connectivity index (χ0n) is 15.7. The smallest absolute Gasteiger partial charge is 0.393 e. The van der Waals surface area contributed by atoms with Crippen LogP contribution < -0.4 is 4.31 Å². The average Bonchev–Trinajstić information content (AvgIpc) is 3.25. The van der Waals surface area contributed by atoms with E-state index in [0.29, 0.717) is 12.8 Å². The Bertz CT molecular complexity index is 975. The lowest BCUT2D eigenvalue weighted by Gasteiger charge is -2.38. The fourth-order valence-corrected chi connectivity index (χ4v) is 8.51. The van der Waals surface area contributed by atoms with Crippen LogP contribution in [-0.2, 0) is 20.9 Å². The van der Waals surface area contributed by atoms with Gasteiger partial charge in [-0.25, -0.2) is 8.42 Å². The molecule has 4 rings (SSSR count). The monoisotopic (exact) mass is 430 g/mol. The molecule has 2 saturated carbocycles. The number of halogens is 3. The van der Waals surface area contributed by atoms with Gasteiger partial charge in [-0.3, -0.25) is 4.31 Å². The van der Waals surface area contributed by atoms with Crippen molar-refractivity contribution < 1.29 is 31.4 Å². The van der Waals surface area contributed by atoms with Crippen molar-refractivity contribution in [2.75, 3.05) is 24.6 Å². The quantitative estimate of drug-likeness (QED) is 0.793. The maximum absolute atomic E-state index is 13.7. The van der Waals surface area contributed by atoms with Crippen LogP contribution in [0.1, 0.15) is 30.4 Å². The Kier molecular flexibility index (Phi) is 4.64. The molecule has 1 aromatic carbocycles. The molecule has 0 spiro atoms. The number of alkyl halides is 3. The summed E-state index contributed by atoms with van der Waals surface area (Å²) in [5.74, 6) is -0.823. The van der Waals surface area contributed by atoms with Gasteiger partial charge in [-0.1, -0.05) is 0 Å². The van der Waals surface area contributed by atoms with Gasteiger partial charge < -0.3 is 9.84 Å². The highest BCUT2D eigenvalue weighted by atomic mass is 32.2. The normalized spacial score (nSPS) is 35.0. The fraction of sp³-hybridized carbons (Fsp3) is 0.632. The second-order valence-electron chi connectivity index (χ2n) is 8.08. The van der Waals surface area contributed by atoms with E-state index in [0.717, 1.165) is 16.4 Å². The molecule has 1 aromatic rings. The first-order valence-electron chi connectivity index (χ1n) is 9.38. The minimum Gasteiger partial charge on any atom is -0.393 e. The average molecular weight is 430 g/mol. The Labute approximate surface area is 166 Å². The molecule has 1 N–H and O–H groups in total. The summed E-state index contributed by atoms with van der Waals surface area (Å²) in [4.78, 5) is 0. The third-order valence-electron chi connectivity index (χ3n) is 6.96. The van der Waals surface area contributed by atoms with Gasteiger partial charge in [0.2, 0.25) is 10.0 Å². The Morgan fingerprint density at radius 2 is 2.10 bits per heavy atom. The molecule has 3 aliphatic rings. The second kappa shape index (κ2) is 6.59. The molecule has 2 bridgehead atoms. The molecule has 0 amide bonds. The van der Waals surface area contributed by atoms with Gasteiger partial charge >= 0.3 is 6.18 Å². The maximum atomic E-state index is 13.7. The van der Waals surface area contributed by atoms with Crippen LogP contribution in [0, 0.1) is 29.1 Å². The summed E-state index contributed by atoms with van der Waals surface area (Å²) in [6.07, 6.45) is -4.15. The van der Waals surface area contributed by atoms with Crippen molar-refractivity contribution in [3.05, 3.63) is 29.3 Å². The van der Waals surface area contributed by atoms with E-state index < -0.39 is 38.2 Å². The highest BCUT2D eigenvalue weighted by Crippen LogP contribution is 2.63. The second-order valence-corrected chi connectivity index (χ2v) is 10.2. The van der Waals surface area contributed by atoms with E-state index in [1.165, 1.54) is 19.2 Å². The summed E-state index contributed by atoms with van der Waals surface area (Å²) in [7, 11) is -2.52. The van der Waals surface area contributed by atoms with E-state index in [2.05, 4.69) is 0 Å². The first kappa shape index (κ1) is 20.4. The van der Waals surface area contributed by atoms with Gasteiger partial charge in [0, 0.05) is 26.2 Å². The van der Waals surface area contributed by atoms with E-state index in [1.54, 1.807) is 0 Å². The lowest BCUT2D eigenvalue weighted by atomic mass is 9.75. The van der Waals surface area contributed by atoms with Gasteiger partial charge in [-0.05, 0) is 49.3 Å². The summed E-state index contributed by atoms with van der Waals surface area (Å²) < 4.78 is 72.5. The molecule has 0 radical (unpaired) electrons. The number of nitriles is 1. The molecule has 10 heteroatoms. The predicted octanol–water partition coefficient (Wildman–Crippen LogP) is 2.52. The Balaban J connectivity index is 1.81. The van der Waals surface area contributed by atoms with Crippen LogP contribution >= 0.6 is 0 Å². The van der Waals surface area contributed by atoms with Gasteiger partial charge in [0.15, 0.2) is 0 Å². The molecule has 158 valence electrons. The number of aliphatic hydroxyl groups excluding tert-OH is 1. The Morgan fingerprint density at radius 3 is 2.72 bits per heavy atom. The van der Waals surface area contributed by atoms with Crippen LogP contribution in [0.4, 0.5) is 18.9 Å². The number of ether oxygens (including phenoxy) is 1. The van der Waals surface area contributed by atoms with Crippen molar-refractivity contribution >= 4 is 15.7 Å². The van der Waals surface area contributed by atoms with E-state index in [9.17, 15) is 26.7 Å². The minimum atomic E-state index is -4.77. The highest BCUT2D eigenvalue weighted by Gasteiger charge is 2.72. The molecule has 6 nitrogen and oxygen atoms in total. The Hall–Kier alpha value is -1.83. The first-order valence-corrected chi connectivity index (χ1v) is 10.8. The van der Waals surface area contributed by atoms with Crippen molar-refractivity contribution in [3.8, 4) is 6.07 Å². The van der Waals surface area contributed by atoms with Crippen LogP contribution in [0.25, 0.3) is 0 Å². The molecule has 29 heavy (non-hydrogen) atoms. The van der Waals surface area contributed by atoms with Crippen LogP contribution in [0.2, 0.25) is 0 Å². The zero-order valence-corrected chi connectivity index (χ0v) is 16.5. The molecular formula is C19H21F3N2O4S. The topological polar surface area (TPSA) is 90.6 Å². The van der Waals surface area contributed by atoms with E-state index in [4.69, 9.17) is 10.00 Å². The van der Waals surface area contributed by atoms with Crippen LogP contribution in [0.3, 0.4) is 0 Å². The summed E-state index contributed by atoms with van der Waals surface area (Å²) in [6.45, 7) is 0.234. The van der Waals surface area contributed by atoms with Crippen molar-refractivity contribution in [2.24, 2.45) is 17.8 Å². The van der Waals surface area contributed by atoms with E-state index in [-0.39, 0.29) is 43.0 Å². The van der Waals surface area contributed by atoms with Gasteiger partial charge in [-0.2, -0.15) is 18.4 Å². The SMILES string of the molecule is COCC[C@@]12[C@H]3C[C@H]([C@H](O)C3)[C@@H]1CN(c1ccc(C#N)c(C(F)(F)F)c1)S2(=O)=O. The predicted molar refractivity (Wildman–Crippen MR) is 97.4 cm³/mol.